The van der Waals surface area contributed by atoms with Gasteiger partial charge in [0.05, 0.1) is 17.3 Å². The van der Waals surface area contributed by atoms with Crippen LogP contribution in [0.2, 0.25) is 5.02 Å². The molecule has 7 rings (SSSR count). The van der Waals surface area contributed by atoms with E-state index >= 15 is 0 Å². The Morgan fingerprint density at radius 1 is 0.951 bits per heavy atom. The van der Waals surface area contributed by atoms with Crippen molar-refractivity contribution in [1.29, 1.82) is 0 Å². The third kappa shape index (κ3) is 5.17. The Bertz CT molecular complexity index is 1720. The summed E-state index contributed by atoms with van der Waals surface area (Å²) in [5, 5.41) is 6.27. The molecule has 0 amide bonds. The maximum atomic E-state index is 6.64. The molecule has 0 aliphatic carbocycles. The topological polar surface area (TPSA) is 83.3 Å². The maximum Gasteiger partial charge on any atom is 0.164 e. The van der Waals surface area contributed by atoms with Gasteiger partial charge in [-0.25, -0.2) is 15.0 Å². The fraction of sp³-hybridized carbons (Fsp3) is 0.344. The number of nitrogens with zero attached hydrogens (tertiary/aromatic N) is 4. The molecular weight excluding hydrogens is 538 g/mol. The number of pyridine rings is 1. The van der Waals surface area contributed by atoms with Gasteiger partial charge in [-0.1, -0.05) is 35.9 Å². The highest BCUT2D eigenvalue weighted by Crippen LogP contribution is 2.45. The van der Waals surface area contributed by atoms with Gasteiger partial charge in [-0.05, 0) is 81.1 Å². The zero-order chi connectivity index (χ0) is 28.1. The molecule has 0 bridgehead atoms. The van der Waals surface area contributed by atoms with Crippen molar-refractivity contribution < 1.29 is 14.2 Å². The Morgan fingerprint density at radius 3 is 2.59 bits per heavy atom. The highest BCUT2D eigenvalue weighted by molar-refractivity contribution is 6.30. The van der Waals surface area contributed by atoms with Crippen molar-refractivity contribution in [2.45, 2.75) is 70.5 Å². The molecular formula is C32H32ClN5O3. The predicted octanol–water partition coefficient (Wildman–Crippen LogP) is 6.60. The lowest BCUT2D eigenvalue weighted by Crippen LogP contribution is -2.29. The van der Waals surface area contributed by atoms with E-state index in [2.05, 4.69) is 44.1 Å². The second kappa shape index (κ2) is 10.4. The zero-order valence-corrected chi connectivity index (χ0v) is 24.0. The van der Waals surface area contributed by atoms with Crippen LogP contribution in [-0.2, 0) is 27.2 Å². The first-order valence-electron chi connectivity index (χ1n) is 14.0. The zero-order valence-electron chi connectivity index (χ0n) is 23.3. The third-order valence-corrected chi connectivity index (χ3v) is 8.22. The van der Waals surface area contributed by atoms with E-state index < -0.39 is 5.79 Å². The number of hydrogen-bond donors (Lipinski definition) is 1. The number of benzene rings is 2. The minimum atomic E-state index is -0.675. The highest BCUT2D eigenvalue weighted by Gasteiger charge is 2.55. The van der Waals surface area contributed by atoms with Crippen LogP contribution in [0, 0.1) is 6.92 Å². The standard InChI is InChI=1S/C32H32ClN5O3/c1-19-24-14-15-38(30(24)36-18-35-19)31-29-28(40-32(2,3)41-29)26(39-31)12-7-20-4-8-22-9-13-27(37-25(22)16-20)34-17-21-5-10-23(33)11-6-21/h4-6,8-11,13-16,18,26,28-29,31H,7,12,17H2,1-3H3,(H,34,37)/t26-,28-,29-,31-/m1/s1. The van der Waals surface area contributed by atoms with Gasteiger partial charge in [0.2, 0.25) is 0 Å². The van der Waals surface area contributed by atoms with Crippen molar-refractivity contribution in [3.8, 4) is 0 Å². The molecule has 41 heavy (non-hydrogen) atoms. The number of aromatic nitrogens is 4. The van der Waals surface area contributed by atoms with Gasteiger partial charge in [0.1, 0.15) is 30.0 Å². The largest absolute Gasteiger partial charge is 0.366 e. The summed E-state index contributed by atoms with van der Waals surface area (Å²) >= 11 is 6.01. The minimum absolute atomic E-state index is 0.122. The average molecular weight is 570 g/mol. The van der Waals surface area contributed by atoms with Gasteiger partial charge in [-0.2, -0.15) is 0 Å². The number of fused-ring (bicyclic) bond motifs is 3. The van der Waals surface area contributed by atoms with Crippen molar-refractivity contribution in [3.63, 3.8) is 0 Å². The summed E-state index contributed by atoms with van der Waals surface area (Å²) in [7, 11) is 0. The van der Waals surface area contributed by atoms with Crippen molar-refractivity contribution in [2.75, 3.05) is 5.32 Å². The van der Waals surface area contributed by atoms with Gasteiger partial charge >= 0.3 is 0 Å². The van der Waals surface area contributed by atoms with Crippen molar-refractivity contribution in [2.24, 2.45) is 0 Å². The fourth-order valence-corrected chi connectivity index (χ4v) is 6.06. The van der Waals surface area contributed by atoms with Gasteiger partial charge in [0, 0.05) is 28.5 Å². The third-order valence-electron chi connectivity index (χ3n) is 7.97. The SMILES string of the molecule is Cc1ncnc2c1ccn2[C@@H]1O[C@H](CCc2ccc3ccc(NCc4ccc(Cl)cc4)nc3c2)[C@H]2OC(C)(C)O[C@H]21. The minimum Gasteiger partial charge on any atom is -0.366 e. The lowest BCUT2D eigenvalue weighted by atomic mass is 10.0. The Hall–Kier alpha value is -3.56. The molecule has 5 aromatic rings. The summed E-state index contributed by atoms with van der Waals surface area (Å²) in [5.41, 5.74) is 5.10. The van der Waals surface area contributed by atoms with Crippen LogP contribution >= 0.6 is 11.6 Å². The summed E-state index contributed by atoms with van der Waals surface area (Å²) in [4.78, 5) is 13.8. The van der Waals surface area contributed by atoms with Crippen LogP contribution in [0.1, 0.15) is 43.3 Å². The molecule has 0 unspecified atom stereocenters. The smallest absolute Gasteiger partial charge is 0.164 e. The molecule has 210 valence electrons. The molecule has 0 saturated carbocycles. The van der Waals surface area contributed by atoms with Crippen LogP contribution in [0.25, 0.3) is 21.9 Å². The molecule has 2 fully saturated rings. The summed E-state index contributed by atoms with van der Waals surface area (Å²) < 4.78 is 21.4. The molecule has 2 aliphatic rings. The molecule has 0 radical (unpaired) electrons. The molecule has 1 N–H and O–H groups in total. The molecule has 9 heteroatoms. The number of ether oxygens (including phenoxy) is 3. The number of aryl methyl sites for hydroxylation is 2. The van der Waals surface area contributed by atoms with Gasteiger partial charge in [-0.15, -0.1) is 0 Å². The summed E-state index contributed by atoms with van der Waals surface area (Å²) in [6.45, 7) is 6.60. The molecule has 2 aromatic carbocycles. The second-order valence-electron chi connectivity index (χ2n) is 11.3. The molecule has 3 aromatic heterocycles. The van der Waals surface area contributed by atoms with Crippen LogP contribution in [0.15, 0.2) is 73.2 Å². The summed E-state index contributed by atoms with van der Waals surface area (Å²) in [6.07, 6.45) is 4.39. The van der Waals surface area contributed by atoms with Gasteiger partial charge < -0.3 is 24.1 Å². The fourth-order valence-electron chi connectivity index (χ4n) is 5.94. The first-order chi connectivity index (χ1) is 19.8. The Balaban J connectivity index is 1.08. The first-order valence-corrected chi connectivity index (χ1v) is 14.4. The van der Waals surface area contributed by atoms with E-state index in [1.165, 1.54) is 5.56 Å². The molecule has 2 saturated heterocycles. The van der Waals surface area contributed by atoms with Gasteiger partial charge in [0.25, 0.3) is 0 Å². The van der Waals surface area contributed by atoms with Crippen molar-refractivity contribution >= 4 is 39.4 Å². The highest BCUT2D eigenvalue weighted by atomic mass is 35.5. The lowest BCUT2D eigenvalue weighted by Gasteiger charge is -2.25. The van der Waals surface area contributed by atoms with Gasteiger partial charge in [0.15, 0.2) is 12.0 Å². The monoisotopic (exact) mass is 569 g/mol. The maximum absolute atomic E-state index is 6.64. The lowest BCUT2D eigenvalue weighted by molar-refractivity contribution is -0.196. The van der Waals surface area contributed by atoms with E-state index in [4.69, 9.17) is 30.8 Å². The van der Waals surface area contributed by atoms with E-state index in [-0.39, 0.29) is 24.5 Å². The Morgan fingerprint density at radius 2 is 1.73 bits per heavy atom. The van der Waals surface area contributed by atoms with Crippen LogP contribution in [0.4, 0.5) is 5.82 Å². The molecule has 2 aliphatic heterocycles. The quantitative estimate of drug-likeness (QED) is 0.236. The number of anilines is 1. The van der Waals surface area contributed by atoms with Crippen LogP contribution in [-0.4, -0.2) is 43.6 Å². The summed E-state index contributed by atoms with van der Waals surface area (Å²) in [5.74, 6) is 0.164. The predicted molar refractivity (Wildman–Crippen MR) is 159 cm³/mol. The van der Waals surface area contributed by atoms with Crippen molar-refractivity contribution in [1.82, 2.24) is 19.5 Å². The average Bonchev–Trinajstić information content (AvgIpc) is 3.62. The second-order valence-corrected chi connectivity index (χ2v) is 11.7. The Kier molecular flexibility index (Phi) is 6.66. The van der Waals surface area contributed by atoms with Crippen LogP contribution < -0.4 is 5.32 Å². The van der Waals surface area contributed by atoms with Crippen LogP contribution in [0.5, 0.6) is 0 Å². The molecule has 4 atom stereocenters. The number of nitrogens with one attached hydrogen (secondary N) is 1. The van der Waals surface area contributed by atoms with Crippen molar-refractivity contribution in [3.05, 3.63) is 95.0 Å². The molecule has 8 nitrogen and oxygen atoms in total. The Labute approximate surface area is 243 Å². The van der Waals surface area contributed by atoms with E-state index in [0.29, 0.717) is 6.54 Å². The summed E-state index contributed by atoms with van der Waals surface area (Å²) in [6, 6.07) is 20.5. The normalized spacial score (nSPS) is 23.3. The van der Waals surface area contributed by atoms with Gasteiger partial charge in [-0.3, -0.25) is 0 Å². The van der Waals surface area contributed by atoms with E-state index in [0.717, 1.165) is 56.9 Å². The number of halogens is 1. The van der Waals surface area contributed by atoms with Crippen LogP contribution in [0.3, 0.4) is 0 Å². The first kappa shape index (κ1) is 26.3. The van der Waals surface area contributed by atoms with E-state index in [1.807, 2.05) is 63.4 Å². The number of rotatable bonds is 7. The molecule has 5 heterocycles. The van der Waals surface area contributed by atoms with E-state index in [1.54, 1.807) is 6.33 Å². The van der Waals surface area contributed by atoms with E-state index in [9.17, 15) is 0 Å². The number of hydrogen-bond acceptors (Lipinski definition) is 7. The molecule has 0 spiro atoms.